The van der Waals surface area contributed by atoms with Crippen LogP contribution in [-0.2, 0) is 0 Å². The third kappa shape index (κ3) is 6.64. The van der Waals surface area contributed by atoms with E-state index in [-0.39, 0.29) is 5.78 Å². The summed E-state index contributed by atoms with van der Waals surface area (Å²) in [4.78, 5) is 12.6. The molecule has 0 aliphatic carbocycles. The summed E-state index contributed by atoms with van der Waals surface area (Å²) >= 11 is 0. The number of ketones is 1. The van der Waals surface area contributed by atoms with Gasteiger partial charge in [0.15, 0.2) is 5.78 Å². The van der Waals surface area contributed by atoms with E-state index in [0.717, 1.165) is 12.8 Å². The van der Waals surface area contributed by atoms with E-state index < -0.39 is 5.41 Å². The molecular weight excluding hydrogens is 288 g/mol. The first-order valence-electron chi connectivity index (χ1n) is 8.40. The normalized spacial score (nSPS) is 12.1. The van der Waals surface area contributed by atoms with Crippen LogP contribution in [0.3, 0.4) is 0 Å². The van der Waals surface area contributed by atoms with Gasteiger partial charge in [-0.2, -0.15) is 0 Å². The second-order valence-electron chi connectivity index (χ2n) is 8.31. The Balaban J connectivity index is 2.77. The van der Waals surface area contributed by atoms with Crippen LogP contribution in [0.2, 0.25) is 0 Å². The van der Waals surface area contributed by atoms with E-state index in [1.54, 1.807) is 13.2 Å². The molecule has 0 heterocycles. The second-order valence-corrected chi connectivity index (χ2v) is 8.31. The highest BCUT2D eigenvalue weighted by molar-refractivity contribution is 6.02. The van der Waals surface area contributed by atoms with Crippen molar-refractivity contribution >= 4 is 5.78 Å². The van der Waals surface area contributed by atoms with Crippen LogP contribution in [0.4, 0.5) is 0 Å². The first-order valence-corrected chi connectivity index (χ1v) is 8.40. The molecule has 0 saturated heterocycles. The average Bonchev–Trinajstić information content (AvgIpc) is 2.43. The molecule has 0 aliphatic rings. The van der Waals surface area contributed by atoms with Crippen molar-refractivity contribution in [1.29, 1.82) is 0 Å². The highest BCUT2D eigenvalue weighted by Gasteiger charge is 2.26. The minimum Gasteiger partial charge on any atom is -0.497 e. The molecule has 130 valence electrons. The summed E-state index contributed by atoms with van der Waals surface area (Å²) in [7, 11) is 1.62. The summed E-state index contributed by atoms with van der Waals surface area (Å²) in [6.07, 6.45) is 3.27. The van der Waals surface area contributed by atoms with Crippen molar-refractivity contribution in [3.05, 3.63) is 23.8 Å². The average molecular weight is 320 g/mol. The SMILES string of the molecule is COc1ccc(C(=O)C(C)(C)C)c(OCCCCC(C)(C)C)c1. The van der Waals surface area contributed by atoms with E-state index >= 15 is 0 Å². The lowest BCUT2D eigenvalue weighted by Gasteiger charge is -2.20. The molecule has 0 radical (unpaired) electrons. The van der Waals surface area contributed by atoms with Crippen molar-refractivity contribution in [2.75, 3.05) is 13.7 Å². The summed E-state index contributed by atoms with van der Waals surface area (Å²) in [6.45, 7) is 13.1. The van der Waals surface area contributed by atoms with Gasteiger partial charge in [0.1, 0.15) is 11.5 Å². The monoisotopic (exact) mass is 320 g/mol. The van der Waals surface area contributed by atoms with E-state index in [0.29, 0.717) is 29.1 Å². The van der Waals surface area contributed by atoms with E-state index in [1.165, 1.54) is 6.42 Å². The zero-order chi connectivity index (χ0) is 17.7. The van der Waals surface area contributed by atoms with Gasteiger partial charge in [-0.15, -0.1) is 0 Å². The van der Waals surface area contributed by atoms with Crippen LogP contribution >= 0.6 is 0 Å². The number of benzene rings is 1. The number of carbonyl (C=O) groups excluding carboxylic acids is 1. The molecule has 23 heavy (non-hydrogen) atoms. The number of rotatable bonds is 7. The molecule has 3 nitrogen and oxygen atoms in total. The van der Waals surface area contributed by atoms with Crippen LogP contribution in [0.5, 0.6) is 11.5 Å². The fourth-order valence-corrected chi connectivity index (χ4v) is 2.28. The third-order valence-corrected chi connectivity index (χ3v) is 3.69. The topological polar surface area (TPSA) is 35.5 Å². The van der Waals surface area contributed by atoms with Gasteiger partial charge in [0.05, 0.1) is 19.3 Å². The Morgan fingerprint density at radius 2 is 1.70 bits per heavy atom. The van der Waals surface area contributed by atoms with Crippen LogP contribution in [0.15, 0.2) is 18.2 Å². The van der Waals surface area contributed by atoms with E-state index in [4.69, 9.17) is 9.47 Å². The van der Waals surface area contributed by atoms with Crippen molar-refractivity contribution in [2.24, 2.45) is 10.8 Å². The standard InChI is InChI=1S/C20H32O3/c1-19(2,3)12-8-9-13-23-17-14-15(22-7)10-11-16(17)18(21)20(4,5)6/h10-11,14H,8-9,12-13H2,1-7H3. The Bertz CT molecular complexity index is 519. The maximum absolute atomic E-state index is 12.6. The molecule has 0 bridgehead atoms. The zero-order valence-electron chi connectivity index (χ0n) is 15.8. The van der Waals surface area contributed by atoms with Crippen LogP contribution in [-0.4, -0.2) is 19.5 Å². The van der Waals surface area contributed by atoms with Crippen molar-refractivity contribution in [1.82, 2.24) is 0 Å². The highest BCUT2D eigenvalue weighted by Crippen LogP contribution is 2.31. The molecule has 0 aliphatic heterocycles. The van der Waals surface area contributed by atoms with Crippen molar-refractivity contribution in [2.45, 2.75) is 60.8 Å². The number of ether oxygens (including phenoxy) is 2. The molecule has 0 aromatic heterocycles. The number of carbonyl (C=O) groups is 1. The molecule has 0 amide bonds. The fourth-order valence-electron chi connectivity index (χ4n) is 2.28. The van der Waals surface area contributed by atoms with Gasteiger partial charge in [-0.25, -0.2) is 0 Å². The number of unbranched alkanes of at least 4 members (excludes halogenated alkanes) is 1. The number of Topliss-reactive ketones (excluding diaryl/α,β-unsaturated/α-hetero) is 1. The maximum Gasteiger partial charge on any atom is 0.171 e. The minimum absolute atomic E-state index is 0.0878. The lowest BCUT2D eigenvalue weighted by atomic mass is 9.86. The lowest BCUT2D eigenvalue weighted by Crippen LogP contribution is -2.21. The van der Waals surface area contributed by atoms with Crippen LogP contribution in [0.1, 0.15) is 71.2 Å². The summed E-state index contributed by atoms with van der Waals surface area (Å²) < 4.78 is 11.2. The van der Waals surface area contributed by atoms with Crippen molar-refractivity contribution in [3.8, 4) is 11.5 Å². The van der Waals surface area contributed by atoms with Gasteiger partial charge in [0.2, 0.25) is 0 Å². The molecule has 0 unspecified atom stereocenters. The molecule has 0 saturated carbocycles. The maximum atomic E-state index is 12.6. The van der Waals surface area contributed by atoms with Crippen LogP contribution < -0.4 is 9.47 Å². The molecule has 0 atom stereocenters. The highest BCUT2D eigenvalue weighted by atomic mass is 16.5. The summed E-state index contributed by atoms with van der Waals surface area (Å²) in [5.41, 5.74) is 0.552. The predicted octanol–water partition coefficient (Wildman–Crippen LogP) is 5.52. The number of hydrogen-bond acceptors (Lipinski definition) is 3. The van der Waals surface area contributed by atoms with Gasteiger partial charge < -0.3 is 9.47 Å². The molecule has 0 N–H and O–H groups in total. The number of methoxy groups -OCH3 is 1. The Labute approximate surface area is 141 Å². The Morgan fingerprint density at radius 3 is 2.22 bits per heavy atom. The Morgan fingerprint density at radius 1 is 1.04 bits per heavy atom. The van der Waals surface area contributed by atoms with Gasteiger partial charge in [-0.05, 0) is 36.8 Å². The van der Waals surface area contributed by atoms with Gasteiger partial charge in [0.25, 0.3) is 0 Å². The van der Waals surface area contributed by atoms with Crippen molar-refractivity contribution in [3.63, 3.8) is 0 Å². The van der Waals surface area contributed by atoms with Gasteiger partial charge in [0, 0.05) is 11.5 Å². The molecular formula is C20H32O3. The first-order chi connectivity index (χ1) is 10.5. The summed E-state index contributed by atoms with van der Waals surface area (Å²) in [6, 6.07) is 5.42. The van der Waals surface area contributed by atoms with E-state index in [9.17, 15) is 4.79 Å². The molecule has 1 aromatic rings. The molecule has 1 aromatic carbocycles. The van der Waals surface area contributed by atoms with Crippen LogP contribution in [0.25, 0.3) is 0 Å². The molecule has 0 spiro atoms. The third-order valence-electron chi connectivity index (χ3n) is 3.69. The molecule has 1 rings (SSSR count). The Hall–Kier alpha value is -1.51. The Kier molecular flexibility index (Phi) is 6.67. The van der Waals surface area contributed by atoms with Gasteiger partial charge >= 0.3 is 0 Å². The van der Waals surface area contributed by atoms with Crippen LogP contribution in [0, 0.1) is 10.8 Å². The zero-order valence-corrected chi connectivity index (χ0v) is 15.8. The summed E-state index contributed by atoms with van der Waals surface area (Å²) in [5, 5.41) is 0. The molecule has 3 heteroatoms. The first kappa shape index (κ1) is 19.5. The van der Waals surface area contributed by atoms with Gasteiger partial charge in [-0.3, -0.25) is 4.79 Å². The summed E-state index contributed by atoms with van der Waals surface area (Å²) in [5.74, 6) is 1.42. The number of hydrogen-bond donors (Lipinski definition) is 0. The van der Waals surface area contributed by atoms with Crippen molar-refractivity contribution < 1.29 is 14.3 Å². The lowest BCUT2D eigenvalue weighted by molar-refractivity contribution is 0.0854. The smallest absolute Gasteiger partial charge is 0.171 e. The quantitative estimate of drug-likeness (QED) is 0.490. The molecule has 0 fully saturated rings. The largest absolute Gasteiger partial charge is 0.497 e. The van der Waals surface area contributed by atoms with Gasteiger partial charge in [-0.1, -0.05) is 41.5 Å². The van der Waals surface area contributed by atoms with E-state index in [1.807, 2.05) is 32.9 Å². The van der Waals surface area contributed by atoms with E-state index in [2.05, 4.69) is 20.8 Å². The fraction of sp³-hybridized carbons (Fsp3) is 0.650. The second kappa shape index (κ2) is 7.85. The minimum atomic E-state index is -0.432. The predicted molar refractivity (Wildman–Crippen MR) is 95.6 cm³/mol.